The number of ether oxygens (including phenoxy) is 13. The minimum atomic E-state index is -0.278. The van der Waals surface area contributed by atoms with Gasteiger partial charge in [-0.05, 0) is 31.4 Å². The predicted octanol–water partition coefficient (Wildman–Crippen LogP) is 2.01. The van der Waals surface area contributed by atoms with E-state index in [1.165, 1.54) is 4.90 Å². The fourth-order valence-electron chi connectivity index (χ4n) is 4.98. The summed E-state index contributed by atoms with van der Waals surface area (Å²) in [5, 5.41) is 0. The van der Waals surface area contributed by atoms with Gasteiger partial charge in [0.25, 0.3) is 11.8 Å². The molecular formula is C37H61NO15. The van der Waals surface area contributed by atoms with E-state index >= 15 is 0 Å². The molecule has 16 nitrogen and oxygen atoms in total. The van der Waals surface area contributed by atoms with Gasteiger partial charge in [-0.2, -0.15) is 0 Å². The lowest BCUT2D eigenvalue weighted by Crippen LogP contribution is -2.33. The molecule has 1 atom stereocenters. The molecule has 0 aromatic heterocycles. The Hall–Kier alpha value is -2.16. The highest BCUT2D eigenvalue weighted by molar-refractivity contribution is 6.21. The molecule has 0 N–H and O–H groups in total. The summed E-state index contributed by atoms with van der Waals surface area (Å²) in [6, 6.07) is 6.82. The van der Waals surface area contributed by atoms with Crippen LogP contribution >= 0.6 is 0 Å². The maximum Gasteiger partial charge on any atom is 0.261 e. The molecule has 53 heavy (non-hydrogen) atoms. The number of nitrogens with zero attached hydrogens (tertiary/aromatic N) is 1. The smallest absolute Gasteiger partial charge is 0.261 e. The van der Waals surface area contributed by atoms with E-state index in [-0.39, 0.29) is 31.3 Å². The number of fused-ring (bicyclic) bond motifs is 1. The van der Waals surface area contributed by atoms with Gasteiger partial charge in [-0.3, -0.25) is 14.5 Å². The molecule has 2 aliphatic heterocycles. The van der Waals surface area contributed by atoms with Gasteiger partial charge >= 0.3 is 0 Å². The number of hydrogen-bond acceptors (Lipinski definition) is 15. The third kappa shape index (κ3) is 22.1. The third-order valence-electron chi connectivity index (χ3n) is 7.73. The molecule has 304 valence electrons. The average Bonchev–Trinajstić information content (AvgIpc) is 3.43. The van der Waals surface area contributed by atoms with Gasteiger partial charge in [-0.25, -0.2) is 0 Å². The molecule has 1 saturated heterocycles. The predicted molar refractivity (Wildman–Crippen MR) is 190 cm³/mol. The molecule has 1 aromatic rings. The largest absolute Gasteiger partial charge is 0.377 e. The third-order valence-corrected chi connectivity index (χ3v) is 7.73. The van der Waals surface area contributed by atoms with E-state index in [0.29, 0.717) is 156 Å². The van der Waals surface area contributed by atoms with Gasteiger partial charge in [0, 0.05) is 6.61 Å². The monoisotopic (exact) mass is 759 g/mol. The van der Waals surface area contributed by atoms with Crippen LogP contribution in [0.25, 0.3) is 0 Å². The standard InChI is InChI=1S/C37H61NO15/c39-36-33-5-1-2-6-34(33)37(40)38(36)8-10-41-11-12-42-13-14-43-15-16-44-17-18-45-19-20-46-21-22-47-23-24-48-25-26-49-27-28-50-29-30-51-31-32-53-35-7-3-4-9-52-35/h1-2,5-6,35H,3-4,7-32H2. The zero-order chi connectivity index (χ0) is 37.3. The Morgan fingerprint density at radius 2 is 0.774 bits per heavy atom. The average molecular weight is 760 g/mol. The Morgan fingerprint density at radius 1 is 0.453 bits per heavy atom. The minimum Gasteiger partial charge on any atom is -0.377 e. The molecule has 16 heteroatoms. The van der Waals surface area contributed by atoms with E-state index in [1.807, 2.05) is 0 Å². The van der Waals surface area contributed by atoms with Crippen LogP contribution in [0.1, 0.15) is 40.0 Å². The first kappa shape index (κ1) is 45.2. The van der Waals surface area contributed by atoms with Gasteiger partial charge in [0.1, 0.15) is 0 Å². The van der Waals surface area contributed by atoms with Gasteiger partial charge in [-0.15, -0.1) is 0 Å². The quantitative estimate of drug-likeness (QED) is 0.0717. The van der Waals surface area contributed by atoms with Crippen molar-refractivity contribution in [2.24, 2.45) is 0 Å². The highest BCUT2D eigenvalue weighted by atomic mass is 16.7. The molecule has 0 saturated carbocycles. The van der Waals surface area contributed by atoms with Crippen LogP contribution in [0.4, 0.5) is 0 Å². The number of amides is 2. The number of imide groups is 1. The van der Waals surface area contributed by atoms with Gasteiger partial charge < -0.3 is 61.6 Å². The zero-order valence-corrected chi connectivity index (χ0v) is 31.3. The van der Waals surface area contributed by atoms with Crippen molar-refractivity contribution in [2.75, 3.05) is 165 Å². The van der Waals surface area contributed by atoms with E-state index in [0.717, 1.165) is 25.9 Å². The van der Waals surface area contributed by atoms with Crippen molar-refractivity contribution < 1.29 is 71.2 Å². The summed E-state index contributed by atoms with van der Waals surface area (Å²) >= 11 is 0. The number of rotatable bonds is 37. The summed E-state index contributed by atoms with van der Waals surface area (Å²) in [7, 11) is 0. The van der Waals surface area contributed by atoms with E-state index in [1.54, 1.807) is 24.3 Å². The highest BCUT2D eigenvalue weighted by Crippen LogP contribution is 2.21. The Kier molecular flexibility index (Phi) is 27.4. The minimum absolute atomic E-state index is 0.0731. The van der Waals surface area contributed by atoms with Crippen LogP contribution < -0.4 is 0 Å². The van der Waals surface area contributed by atoms with Crippen LogP contribution in [0.2, 0.25) is 0 Å². The molecule has 0 bridgehead atoms. The molecule has 0 radical (unpaired) electrons. The van der Waals surface area contributed by atoms with Gasteiger partial charge in [0.15, 0.2) is 6.29 Å². The van der Waals surface area contributed by atoms with E-state index < -0.39 is 0 Å². The maximum absolute atomic E-state index is 12.3. The van der Waals surface area contributed by atoms with Gasteiger partial charge in [0.2, 0.25) is 0 Å². The van der Waals surface area contributed by atoms with Gasteiger partial charge in [-0.1, -0.05) is 12.1 Å². The van der Waals surface area contributed by atoms with Crippen molar-refractivity contribution in [3.63, 3.8) is 0 Å². The Labute approximate surface area is 313 Å². The molecule has 2 heterocycles. The van der Waals surface area contributed by atoms with Crippen molar-refractivity contribution in [2.45, 2.75) is 25.6 Å². The van der Waals surface area contributed by atoms with Gasteiger partial charge in [0.05, 0.1) is 170 Å². The Morgan fingerprint density at radius 3 is 1.09 bits per heavy atom. The number of carbonyl (C=O) groups is 2. The molecule has 2 amide bonds. The van der Waals surface area contributed by atoms with Crippen LogP contribution in [-0.2, 0) is 61.6 Å². The topological polar surface area (TPSA) is 157 Å². The van der Waals surface area contributed by atoms with E-state index in [4.69, 9.17) is 61.6 Å². The van der Waals surface area contributed by atoms with Crippen LogP contribution in [0.5, 0.6) is 0 Å². The van der Waals surface area contributed by atoms with Crippen LogP contribution in [-0.4, -0.2) is 188 Å². The summed E-state index contributed by atoms with van der Waals surface area (Å²) in [6.45, 7) is 11.9. The molecule has 1 aromatic carbocycles. The normalized spacial score (nSPS) is 15.8. The molecule has 1 fully saturated rings. The maximum atomic E-state index is 12.3. The molecule has 1 unspecified atom stereocenters. The van der Waals surface area contributed by atoms with E-state index in [2.05, 4.69) is 0 Å². The first-order valence-corrected chi connectivity index (χ1v) is 18.8. The number of hydrogen-bond donors (Lipinski definition) is 0. The summed E-state index contributed by atoms with van der Waals surface area (Å²) < 4.78 is 71.5. The first-order valence-electron chi connectivity index (χ1n) is 18.8. The van der Waals surface area contributed by atoms with Crippen LogP contribution in [0.15, 0.2) is 24.3 Å². The molecule has 0 aliphatic carbocycles. The fourth-order valence-corrected chi connectivity index (χ4v) is 4.98. The van der Waals surface area contributed by atoms with Crippen molar-refractivity contribution in [1.82, 2.24) is 4.90 Å². The number of carbonyl (C=O) groups excluding carboxylic acids is 2. The Balaban J connectivity index is 0.900. The second-order valence-electron chi connectivity index (χ2n) is 11.7. The van der Waals surface area contributed by atoms with Crippen LogP contribution in [0.3, 0.4) is 0 Å². The summed E-state index contributed by atoms with van der Waals surface area (Å²) in [5.74, 6) is -0.557. The number of benzene rings is 1. The zero-order valence-electron chi connectivity index (χ0n) is 31.3. The summed E-state index contributed by atoms with van der Waals surface area (Å²) in [6.07, 6.45) is 3.17. The van der Waals surface area contributed by atoms with Crippen molar-refractivity contribution in [3.05, 3.63) is 35.4 Å². The second-order valence-corrected chi connectivity index (χ2v) is 11.7. The highest BCUT2D eigenvalue weighted by Gasteiger charge is 2.34. The molecule has 3 rings (SSSR count). The molecule has 2 aliphatic rings. The van der Waals surface area contributed by atoms with Crippen molar-refractivity contribution in [3.8, 4) is 0 Å². The lowest BCUT2D eigenvalue weighted by atomic mass is 10.1. The SMILES string of the molecule is O=C1c2ccccc2C(=O)N1CCOCCOCCOCCOCCOCCOCCOCCOCCOCCOCCOCCOC1CCCCO1. The lowest BCUT2D eigenvalue weighted by Gasteiger charge is -2.22. The lowest BCUT2D eigenvalue weighted by molar-refractivity contribution is -0.169. The first-order chi connectivity index (χ1) is 26.3. The second kappa shape index (κ2) is 32.1. The van der Waals surface area contributed by atoms with E-state index in [9.17, 15) is 9.59 Å². The van der Waals surface area contributed by atoms with Crippen molar-refractivity contribution in [1.29, 1.82) is 0 Å². The van der Waals surface area contributed by atoms with Crippen molar-refractivity contribution >= 4 is 11.8 Å². The summed E-state index contributed by atoms with van der Waals surface area (Å²) in [5.41, 5.74) is 0.882. The Bertz CT molecular complexity index is 1010. The molecule has 0 spiro atoms. The summed E-state index contributed by atoms with van der Waals surface area (Å²) in [4.78, 5) is 25.8. The molecular weight excluding hydrogens is 698 g/mol. The van der Waals surface area contributed by atoms with Crippen LogP contribution in [0, 0.1) is 0 Å². The fraction of sp³-hybridized carbons (Fsp3) is 0.784.